The molecule has 1 heterocycles. The van der Waals surface area contributed by atoms with E-state index in [1.54, 1.807) is 18.2 Å². The Balaban J connectivity index is 1.68. The number of hydrogen-bond acceptors (Lipinski definition) is 6. The summed E-state index contributed by atoms with van der Waals surface area (Å²) in [5.74, 6) is 0.647. The van der Waals surface area contributed by atoms with Crippen molar-refractivity contribution in [2.45, 2.75) is 11.4 Å². The van der Waals surface area contributed by atoms with Crippen LogP contribution in [0.15, 0.2) is 59.8 Å². The molecule has 0 unspecified atom stereocenters. The minimum atomic E-state index is -3.27. The van der Waals surface area contributed by atoms with Gasteiger partial charge in [0, 0.05) is 31.3 Å². The molecule has 0 amide bonds. The standard InChI is InChI=1S/C19H22N4O2S/c1-23(13-15-6-4-3-5-7-15)11-10-20-19-17-12-16(26(2,24)25)8-9-18(17)21-14-22-19/h3-9,12,14H,10-11,13H2,1-2H3,(H,20,21,22). The number of anilines is 1. The van der Waals surface area contributed by atoms with Gasteiger partial charge in [-0.1, -0.05) is 30.3 Å². The van der Waals surface area contributed by atoms with Crippen molar-refractivity contribution in [2.24, 2.45) is 0 Å². The van der Waals surface area contributed by atoms with Crippen LogP contribution >= 0.6 is 0 Å². The molecule has 0 saturated heterocycles. The second-order valence-electron chi connectivity index (χ2n) is 6.32. The first-order valence-electron chi connectivity index (χ1n) is 8.34. The molecule has 1 aromatic heterocycles. The van der Waals surface area contributed by atoms with E-state index in [4.69, 9.17) is 0 Å². The molecule has 0 aliphatic carbocycles. The number of fused-ring (bicyclic) bond motifs is 1. The van der Waals surface area contributed by atoms with Gasteiger partial charge in [0.15, 0.2) is 9.84 Å². The summed E-state index contributed by atoms with van der Waals surface area (Å²) < 4.78 is 23.6. The van der Waals surface area contributed by atoms with Crippen molar-refractivity contribution in [1.29, 1.82) is 0 Å². The molecular formula is C19H22N4O2S. The highest BCUT2D eigenvalue weighted by Gasteiger charge is 2.11. The average molecular weight is 370 g/mol. The molecule has 0 aliphatic rings. The zero-order valence-corrected chi connectivity index (χ0v) is 15.7. The van der Waals surface area contributed by atoms with Gasteiger partial charge in [0.05, 0.1) is 10.4 Å². The third kappa shape index (κ3) is 4.56. The third-order valence-corrected chi connectivity index (χ3v) is 5.23. The van der Waals surface area contributed by atoms with Crippen molar-refractivity contribution in [2.75, 3.05) is 31.7 Å². The predicted molar refractivity (Wildman–Crippen MR) is 104 cm³/mol. The summed E-state index contributed by atoms with van der Waals surface area (Å²) in [6, 6.07) is 15.2. The van der Waals surface area contributed by atoms with E-state index in [1.807, 2.05) is 18.2 Å². The van der Waals surface area contributed by atoms with Crippen molar-refractivity contribution >= 4 is 26.6 Å². The maximum atomic E-state index is 11.8. The maximum Gasteiger partial charge on any atom is 0.175 e. The Kier molecular flexibility index (Phi) is 5.49. The van der Waals surface area contributed by atoms with Gasteiger partial charge in [0.2, 0.25) is 0 Å². The largest absolute Gasteiger partial charge is 0.368 e. The number of sulfone groups is 1. The first kappa shape index (κ1) is 18.3. The number of benzene rings is 2. The lowest BCUT2D eigenvalue weighted by molar-refractivity contribution is 0.340. The topological polar surface area (TPSA) is 75.2 Å². The van der Waals surface area contributed by atoms with Crippen LogP contribution in [0.2, 0.25) is 0 Å². The number of likely N-dealkylation sites (N-methyl/N-ethyl adjacent to an activating group) is 1. The fourth-order valence-electron chi connectivity index (χ4n) is 2.75. The second-order valence-corrected chi connectivity index (χ2v) is 8.34. The van der Waals surface area contributed by atoms with Crippen molar-refractivity contribution < 1.29 is 8.42 Å². The van der Waals surface area contributed by atoms with Gasteiger partial charge in [-0.3, -0.25) is 0 Å². The Morgan fingerprint density at radius 3 is 2.58 bits per heavy atom. The minimum absolute atomic E-state index is 0.268. The molecule has 0 bridgehead atoms. The van der Waals surface area contributed by atoms with Gasteiger partial charge in [0.1, 0.15) is 12.1 Å². The number of nitrogens with zero attached hydrogens (tertiary/aromatic N) is 3. The highest BCUT2D eigenvalue weighted by Crippen LogP contribution is 2.22. The molecule has 0 fully saturated rings. The molecule has 2 aromatic carbocycles. The van der Waals surface area contributed by atoms with Crippen molar-refractivity contribution in [1.82, 2.24) is 14.9 Å². The number of nitrogens with one attached hydrogen (secondary N) is 1. The summed E-state index contributed by atoms with van der Waals surface area (Å²) >= 11 is 0. The second kappa shape index (κ2) is 7.80. The number of aromatic nitrogens is 2. The van der Waals surface area contributed by atoms with Gasteiger partial charge in [-0.25, -0.2) is 18.4 Å². The van der Waals surface area contributed by atoms with E-state index < -0.39 is 9.84 Å². The van der Waals surface area contributed by atoms with E-state index in [1.165, 1.54) is 18.1 Å². The minimum Gasteiger partial charge on any atom is -0.368 e. The lowest BCUT2D eigenvalue weighted by atomic mass is 10.2. The van der Waals surface area contributed by atoms with E-state index in [2.05, 4.69) is 39.4 Å². The Labute approximate surface area is 153 Å². The molecule has 0 atom stereocenters. The molecule has 3 aromatic rings. The molecule has 6 nitrogen and oxygen atoms in total. The summed E-state index contributed by atoms with van der Waals surface area (Å²) in [7, 11) is -1.21. The van der Waals surface area contributed by atoms with Gasteiger partial charge < -0.3 is 10.2 Å². The summed E-state index contributed by atoms with van der Waals surface area (Å²) in [6.45, 7) is 2.38. The molecule has 0 radical (unpaired) electrons. The highest BCUT2D eigenvalue weighted by atomic mass is 32.2. The zero-order valence-electron chi connectivity index (χ0n) is 14.9. The van der Waals surface area contributed by atoms with Gasteiger partial charge in [-0.05, 0) is 30.8 Å². The molecule has 0 spiro atoms. The van der Waals surface area contributed by atoms with Crippen LogP contribution in [0, 0.1) is 0 Å². The summed E-state index contributed by atoms with van der Waals surface area (Å²) in [4.78, 5) is 11.0. The molecule has 26 heavy (non-hydrogen) atoms. The van der Waals surface area contributed by atoms with E-state index in [0.717, 1.165) is 13.1 Å². The predicted octanol–water partition coefficient (Wildman–Crippen LogP) is 2.58. The van der Waals surface area contributed by atoms with Crippen LogP contribution in [0.5, 0.6) is 0 Å². The zero-order chi connectivity index (χ0) is 18.6. The molecule has 136 valence electrons. The van der Waals surface area contributed by atoms with Crippen molar-refractivity contribution in [3.8, 4) is 0 Å². The van der Waals surface area contributed by atoms with Crippen LogP contribution in [-0.4, -0.2) is 49.7 Å². The smallest absolute Gasteiger partial charge is 0.175 e. The molecule has 0 saturated carbocycles. The van der Waals surface area contributed by atoms with E-state index in [-0.39, 0.29) is 4.90 Å². The Hall–Kier alpha value is -2.51. The lowest BCUT2D eigenvalue weighted by Crippen LogP contribution is -2.25. The first-order valence-corrected chi connectivity index (χ1v) is 10.2. The Morgan fingerprint density at radius 2 is 1.85 bits per heavy atom. The van der Waals surface area contributed by atoms with Crippen molar-refractivity contribution in [3.63, 3.8) is 0 Å². The van der Waals surface area contributed by atoms with E-state index in [0.29, 0.717) is 23.3 Å². The summed E-state index contributed by atoms with van der Waals surface area (Å²) in [5, 5.41) is 4.00. The van der Waals surface area contributed by atoms with Crippen LogP contribution in [0.3, 0.4) is 0 Å². The Bertz CT molecular complexity index is 991. The van der Waals surface area contributed by atoms with Crippen LogP contribution in [0.25, 0.3) is 10.9 Å². The summed E-state index contributed by atoms with van der Waals surface area (Å²) in [6.07, 6.45) is 2.68. The summed E-state index contributed by atoms with van der Waals surface area (Å²) in [5.41, 5.74) is 1.98. The third-order valence-electron chi connectivity index (χ3n) is 4.12. The Morgan fingerprint density at radius 1 is 1.08 bits per heavy atom. The highest BCUT2D eigenvalue weighted by molar-refractivity contribution is 7.90. The normalized spacial score (nSPS) is 11.8. The van der Waals surface area contributed by atoms with Gasteiger partial charge in [-0.15, -0.1) is 0 Å². The molecule has 0 aliphatic heterocycles. The lowest BCUT2D eigenvalue weighted by Gasteiger charge is -2.17. The molecule has 1 N–H and O–H groups in total. The van der Waals surface area contributed by atoms with Crippen LogP contribution in [0.1, 0.15) is 5.56 Å². The SMILES string of the molecule is CN(CCNc1ncnc2ccc(S(C)(=O)=O)cc12)Cc1ccccc1. The molecule has 3 rings (SSSR count). The van der Waals surface area contributed by atoms with Gasteiger partial charge in [0.25, 0.3) is 0 Å². The van der Waals surface area contributed by atoms with Crippen molar-refractivity contribution in [3.05, 3.63) is 60.4 Å². The molecule has 7 heteroatoms. The van der Waals surface area contributed by atoms with Crippen LogP contribution < -0.4 is 5.32 Å². The average Bonchev–Trinajstić information content (AvgIpc) is 2.61. The number of hydrogen-bond donors (Lipinski definition) is 1. The van der Waals surface area contributed by atoms with E-state index >= 15 is 0 Å². The van der Waals surface area contributed by atoms with Gasteiger partial charge >= 0.3 is 0 Å². The maximum absolute atomic E-state index is 11.8. The van der Waals surface area contributed by atoms with Gasteiger partial charge in [-0.2, -0.15) is 0 Å². The first-order chi connectivity index (χ1) is 12.4. The quantitative estimate of drug-likeness (QED) is 0.689. The number of rotatable bonds is 7. The monoisotopic (exact) mass is 370 g/mol. The fourth-order valence-corrected chi connectivity index (χ4v) is 3.39. The van der Waals surface area contributed by atoms with Crippen LogP contribution in [-0.2, 0) is 16.4 Å². The van der Waals surface area contributed by atoms with Crippen LogP contribution in [0.4, 0.5) is 5.82 Å². The molecular weight excluding hydrogens is 348 g/mol. The van der Waals surface area contributed by atoms with E-state index in [9.17, 15) is 8.42 Å². The fraction of sp³-hybridized carbons (Fsp3) is 0.263.